The van der Waals surface area contributed by atoms with Crippen LogP contribution in [0.15, 0.2) is 47.9 Å². The number of benzene rings is 1. The van der Waals surface area contributed by atoms with E-state index in [0.29, 0.717) is 0 Å². The van der Waals surface area contributed by atoms with Crippen LogP contribution in [-0.4, -0.2) is 18.4 Å². The lowest BCUT2D eigenvalue weighted by Crippen LogP contribution is -2.43. The SMILES string of the molecule is O=C(/C=C/c1cccs1)NNC(=O)COc1ccccc1F. The fourth-order valence-electron chi connectivity index (χ4n) is 1.46. The number of carbonyl (C=O) groups excluding carboxylic acids is 2. The van der Waals surface area contributed by atoms with E-state index in [0.717, 1.165) is 4.88 Å². The molecule has 1 aromatic heterocycles. The molecule has 0 radical (unpaired) electrons. The number of hydrogen-bond acceptors (Lipinski definition) is 4. The smallest absolute Gasteiger partial charge is 0.276 e. The number of thiophene rings is 1. The lowest BCUT2D eigenvalue weighted by molar-refractivity contribution is -0.128. The van der Waals surface area contributed by atoms with E-state index >= 15 is 0 Å². The van der Waals surface area contributed by atoms with E-state index in [1.807, 2.05) is 17.5 Å². The molecule has 2 aromatic rings. The molecule has 2 N–H and O–H groups in total. The van der Waals surface area contributed by atoms with E-state index in [-0.39, 0.29) is 5.75 Å². The van der Waals surface area contributed by atoms with Crippen LogP contribution in [0.2, 0.25) is 0 Å². The Labute approximate surface area is 130 Å². The highest BCUT2D eigenvalue weighted by Crippen LogP contribution is 2.14. The minimum atomic E-state index is -0.596. The Kier molecular flexibility index (Phi) is 5.67. The van der Waals surface area contributed by atoms with E-state index in [1.165, 1.54) is 35.6 Å². The molecule has 5 nitrogen and oxygen atoms in total. The van der Waals surface area contributed by atoms with E-state index in [9.17, 15) is 14.0 Å². The second kappa shape index (κ2) is 7.94. The van der Waals surface area contributed by atoms with Crippen LogP contribution in [-0.2, 0) is 9.59 Å². The van der Waals surface area contributed by atoms with Crippen LogP contribution in [0.25, 0.3) is 6.08 Å². The number of ether oxygens (including phenoxy) is 1. The van der Waals surface area contributed by atoms with Gasteiger partial charge in [-0.25, -0.2) is 4.39 Å². The summed E-state index contributed by atoms with van der Waals surface area (Å²) in [5.41, 5.74) is 4.37. The second-order valence-corrected chi connectivity index (χ2v) is 5.08. The van der Waals surface area contributed by atoms with Crippen molar-refractivity contribution in [3.63, 3.8) is 0 Å². The number of carbonyl (C=O) groups is 2. The summed E-state index contributed by atoms with van der Waals surface area (Å²) >= 11 is 1.49. The van der Waals surface area contributed by atoms with Gasteiger partial charge in [0.2, 0.25) is 0 Å². The zero-order chi connectivity index (χ0) is 15.8. The average molecular weight is 320 g/mol. The van der Waals surface area contributed by atoms with Crippen LogP contribution >= 0.6 is 11.3 Å². The molecule has 2 amide bonds. The van der Waals surface area contributed by atoms with E-state index in [2.05, 4.69) is 10.9 Å². The monoisotopic (exact) mass is 320 g/mol. The molecule has 114 valence electrons. The van der Waals surface area contributed by atoms with Gasteiger partial charge in [-0.1, -0.05) is 18.2 Å². The quantitative estimate of drug-likeness (QED) is 0.655. The first-order chi connectivity index (χ1) is 10.6. The molecule has 0 aliphatic rings. The summed E-state index contributed by atoms with van der Waals surface area (Å²) < 4.78 is 18.2. The second-order valence-electron chi connectivity index (χ2n) is 4.11. The van der Waals surface area contributed by atoms with Crippen LogP contribution in [0, 0.1) is 5.82 Å². The van der Waals surface area contributed by atoms with Crippen molar-refractivity contribution in [1.82, 2.24) is 10.9 Å². The Balaban J connectivity index is 1.71. The van der Waals surface area contributed by atoms with Gasteiger partial charge < -0.3 is 4.74 Å². The maximum atomic E-state index is 13.3. The van der Waals surface area contributed by atoms with Crippen molar-refractivity contribution >= 4 is 29.2 Å². The zero-order valence-electron chi connectivity index (χ0n) is 11.4. The van der Waals surface area contributed by atoms with Gasteiger partial charge in [0.05, 0.1) is 0 Å². The number of halogens is 1. The molecule has 0 unspecified atom stereocenters. The molecule has 2 rings (SSSR count). The molecule has 0 aliphatic carbocycles. The third kappa shape index (κ3) is 5.02. The fourth-order valence-corrected chi connectivity index (χ4v) is 2.08. The third-order valence-corrected chi connectivity index (χ3v) is 3.30. The van der Waals surface area contributed by atoms with Gasteiger partial charge in [0.1, 0.15) is 0 Å². The van der Waals surface area contributed by atoms with Gasteiger partial charge in [-0.15, -0.1) is 11.3 Å². The van der Waals surface area contributed by atoms with Crippen molar-refractivity contribution in [3.8, 4) is 5.75 Å². The largest absolute Gasteiger partial charge is 0.481 e. The molecule has 0 atom stereocenters. The van der Waals surface area contributed by atoms with Crippen LogP contribution in [0.1, 0.15) is 4.88 Å². The van der Waals surface area contributed by atoms with Crippen molar-refractivity contribution < 1.29 is 18.7 Å². The predicted molar refractivity (Wildman–Crippen MR) is 81.5 cm³/mol. The van der Waals surface area contributed by atoms with Crippen molar-refractivity contribution in [2.45, 2.75) is 0 Å². The van der Waals surface area contributed by atoms with Crippen molar-refractivity contribution in [1.29, 1.82) is 0 Å². The number of hydrogen-bond donors (Lipinski definition) is 2. The van der Waals surface area contributed by atoms with E-state index in [1.54, 1.807) is 12.1 Å². The minimum Gasteiger partial charge on any atom is -0.481 e. The lowest BCUT2D eigenvalue weighted by atomic mass is 10.3. The number of para-hydroxylation sites is 1. The molecule has 1 heterocycles. The summed E-state index contributed by atoms with van der Waals surface area (Å²) in [6, 6.07) is 9.46. The summed E-state index contributed by atoms with van der Waals surface area (Å²) in [5, 5.41) is 1.89. The van der Waals surface area contributed by atoms with Gasteiger partial charge in [0, 0.05) is 11.0 Å². The molecule has 0 aliphatic heterocycles. The summed E-state index contributed by atoms with van der Waals surface area (Å²) in [5.74, 6) is -1.66. The van der Waals surface area contributed by atoms with Gasteiger partial charge in [-0.05, 0) is 29.7 Å². The average Bonchev–Trinajstić information content (AvgIpc) is 3.03. The molecule has 22 heavy (non-hydrogen) atoms. The molecule has 0 spiro atoms. The third-order valence-electron chi connectivity index (χ3n) is 2.46. The van der Waals surface area contributed by atoms with Crippen LogP contribution in [0.4, 0.5) is 4.39 Å². The van der Waals surface area contributed by atoms with Crippen LogP contribution in [0.5, 0.6) is 5.75 Å². The van der Waals surface area contributed by atoms with E-state index in [4.69, 9.17) is 4.74 Å². The first-order valence-electron chi connectivity index (χ1n) is 6.33. The summed E-state index contributed by atoms with van der Waals surface area (Å²) in [4.78, 5) is 23.9. The summed E-state index contributed by atoms with van der Waals surface area (Å²) in [6.45, 7) is -0.407. The Morgan fingerprint density at radius 1 is 1.18 bits per heavy atom. The Bertz CT molecular complexity index is 671. The predicted octanol–water partition coefficient (Wildman–Crippen LogP) is 2.13. The number of amides is 2. The summed E-state index contributed by atoms with van der Waals surface area (Å²) in [7, 11) is 0. The van der Waals surface area contributed by atoms with Gasteiger partial charge >= 0.3 is 0 Å². The number of hydrazine groups is 1. The highest BCUT2D eigenvalue weighted by molar-refractivity contribution is 7.10. The highest BCUT2D eigenvalue weighted by Gasteiger charge is 2.06. The molecule has 7 heteroatoms. The van der Waals surface area contributed by atoms with Gasteiger partial charge in [-0.2, -0.15) is 0 Å². The van der Waals surface area contributed by atoms with Gasteiger partial charge in [-0.3, -0.25) is 20.4 Å². The Morgan fingerprint density at radius 2 is 2.00 bits per heavy atom. The number of nitrogens with one attached hydrogen (secondary N) is 2. The van der Waals surface area contributed by atoms with Crippen LogP contribution in [0.3, 0.4) is 0 Å². The maximum absolute atomic E-state index is 13.3. The maximum Gasteiger partial charge on any atom is 0.276 e. The molecule has 0 fully saturated rings. The minimum absolute atomic E-state index is 0.0263. The first kappa shape index (κ1) is 15.7. The standard InChI is InChI=1S/C15H13FN2O3S/c16-12-5-1-2-6-13(12)21-10-15(20)18-17-14(19)8-7-11-4-3-9-22-11/h1-9H,10H2,(H,17,19)(H,18,20)/b8-7+. The van der Waals surface area contributed by atoms with Gasteiger partial charge in [0.15, 0.2) is 18.2 Å². The molecule has 0 bridgehead atoms. The fraction of sp³-hybridized carbons (Fsp3) is 0.0667. The molecular weight excluding hydrogens is 307 g/mol. The summed E-state index contributed by atoms with van der Waals surface area (Å²) in [6.07, 6.45) is 2.92. The molecule has 0 saturated heterocycles. The van der Waals surface area contributed by atoms with Crippen molar-refractivity contribution in [2.24, 2.45) is 0 Å². The van der Waals surface area contributed by atoms with Gasteiger partial charge in [0.25, 0.3) is 11.8 Å². The number of rotatable bonds is 5. The van der Waals surface area contributed by atoms with Crippen molar-refractivity contribution in [2.75, 3.05) is 6.61 Å². The normalized spacial score (nSPS) is 10.4. The zero-order valence-corrected chi connectivity index (χ0v) is 12.2. The Morgan fingerprint density at radius 3 is 2.73 bits per heavy atom. The highest BCUT2D eigenvalue weighted by atomic mass is 32.1. The first-order valence-corrected chi connectivity index (χ1v) is 7.21. The van der Waals surface area contributed by atoms with Crippen molar-refractivity contribution in [3.05, 3.63) is 58.5 Å². The topological polar surface area (TPSA) is 67.4 Å². The van der Waals surface area contributed by atoms with E-state index < -0.39 is 24.2 Å². The lowest BCUT2D eigenvalue weighted by Gasteiger charge is -2.07. The molecule has 0 saturated carbocycles. The Hall–Kier alpha value is -2.67. The molecule has 1 aromatic carbocycles. The van der Waals surface area contributed by atoms with Crippen LogP contribution < -0.4 is 15.6 Å². The molecular formula is C15H13FN2O3S.